The first kappa shape index (κ1) is 18.8. The highest BCUT2D eigenvalue weighted by Gasteiger charge is 2.19. The Hall–Kier alpha value is -3.01. The minimum absolute atomic E-state index is 0.112. The van der Waals surface area contributed by atoms with E-state index in [1.807, 2.05) is 80.6 Å². The van der Waals surface area contributed by atoms with Gasteiger partial charge in [-0.3, -0.25) is 4.79 Å². The zero-order chi connectivity index (χ0) is 19.1. The number of hydrogen-bond donors (Lipinski definition) is 1. The molecule has 3 rings (SSSR count). The van der Waals surface area contributed by atoms with Crippen molar-refractivity contribution in [3.05, 3.63) is 72.3 Å². The third kappa shape index (κ3) is 4.79. The summed E-state index contributed by atoms with van der Waals surface area (Å²) in [6.45, 7) is 5.00. The Kier molecular flexibility index (Phi) is 6.31. The maximum absolute atomic E-state index is 12.6. The molecule has 0 aromatic heterocycles. The third-order valence-corrected chi connectivity index (χ3v) is 4.38. The van der Waals surface area contributed by atoms with E-state index in [2.05, 4.69) is 5.32 Å². The highest BCUT2D eigenvalue weighted by molar-refractivity contribution is 5.89. The topological polar surface area (TPSA) is 47.6 Å². The molecule has 0 saturated heterocycles. The van der Waals surface area contributed by atoms with Crippen LogP contribution in [0.15, 0.2) is 66.7 Å². The Balaban J connectivity index is 1.63. The van der Waals surface area contributed by atoms with Gasteiger partial charge in [0.15, 0.2) is 6.10 Å². The molecule has 27 heavy (non-hydrogen) atoms. The van der Waals surface area contributed by atoms with Gasteiger partial charge in [0.05, 0.1) is 6.61 Å². The molecule has 3 aromatic rings. The van der Waals surface area contributed by atoms with E-state index >= 15 is 0 Å². The number of hydrogen-bond acceptors (Lipinski definition) is 3. The number of carbonyl (C=O) groups is 1. The second kappa shape index (κ2) is 9.08. The van der Waals surface area contributed by atoms with Gasteiger partial charge in [0.2, 0.25) is 0 Å². The van der Waals surface area contributed by atoms with Crippen molar-refractivity contribution in [2.75, 3.05) is 6.61 Å². The van der Waals surface area contributed by atoms with Crippen LogP contribution in [0.3, 0.4) is 0 Å². The number of rotatable bonds is 8. The molecule has 0 aliphatic carbocycles. The van der Waals surface area contributed by atoms with Gasteiger partial charge in [0, 0.05) is 11.9 Å². The molecule has 1 N–H and O–H groups in total. The molecular weight excluding hydrogens is 338 g/mol. The molecule has 0 heterocycles. The molecule has 4 nitrogen and oxygen atoms in total. The predicted octanol–water partition coefficient (Wildman–Crippen LogP) is 4.71. The van der Waals surface area contributed by atoms with Crippen LogP contribution >= 0.6 is 0 Å². The quantitative estimate of drug-likeness (QED) is 0.630. The van der Waals surface area contributed by atoms with Gasteiger partial charge < -0.3 is 14.8 Å². The molecular formula is C23H25NO3. The third-order valence-electron chi connectivity index (χ3n) is 4.38. The maximum Gasteiger partial charge on any atom is 0.261 e. The number of ether oxygens (including phenoxy) is 2. The lowest BCUT2D eigenvalue weighted by atomic mass is 10.1. The summed E-state index contributed by atoms with van der Waals surface area (Å²) >= 11 is 0. The number of nitrogens with one attached hydrogen (secondary N) is 1. The standard InChI is InChI=1S/C23H25NO3/c1-3-21(27-22-11-7-9-18-8-5-6-10-20(18)22)23(25)24-16-17-12-14-19(15-13-17)26-4-2/h5-15,21H,3-4,16H2,1-2H3,(H,24,25). The van der Waals surface area contributed by atoms with Crippen LogP contribution in [0, 0.1) is 0 Å². The van der Waals surface area contributed by atoms with E-state index in [1.165, 1.54) is 0 Å². The fourth-order valence-electron chi connectivity index (χ4n) is 2.95. The number of benzene rings is 3. The van der Waals surface area contributed by atoms with Crippen LogP contribution in [0.25, 0.3) is 10.8 Å². The molecule has 1 atom stereocenters. The molecule has 0 saturated carbocycles. The predicted molar refractivity (Wildman–Crippen MR) is 108 cm³/mol. The largest absolute Gasteiger partial charge is 0.494 e. The number of carbonyl (C=O) groups excluding carboxylic acids is 1. The first-order chi connectivity index (χ1) is 13.2. The van der Waals surface area contributed by atoms with Crippen molar-refractivity contribution in [2.45, 2.75) is 32.9 Å². The van der Waals surface area contributed by atoms with Gasteiger partial charge >= 0.3 is 0 Å². The molecule has 0 fully saturated rings. The molecule has 0 radical (unpaired) electrons. The monoisotopic (exact) mass is 363 g/mol. The smallest absolute Gasteiger partial charge is 0.261 e. The lowest BCUT2D eigenvalue weighted by Gasteiger charge is -2.18. The molecule has 0 spiro atoms. The van der Waals surface area contributed by atoms with Gasteiger partial charge in [0.1, 0.15) is 11.5 Å². The summed E-state index contributed by atoms with van der Waals surface area (Å²) in [6.07, 6.45) is 0.0664. The Labute approximate surface area is 160 Å². The Bertz CT molecular complexity index is 884. The van der Waals surface area contributed by atoms with Gasteiger partial charge in [-0.25, -0.2) is 0 Å². The van der Waals surface area contributed by atoms with Crippen LogP contribution in [0.2, 0.25) is 0 Å². The van der Waals surface area contributed by atoms with Crippen LogP contribution in [-0.4, -0.2) is 18.6 Å². The van der Waals surface area contributed by atoms with E-state index in [9.17, 15) is 4.79 Å². The molecule has 0 aliphatic rings. The minimum Gasteiger partial charge on any atom is -0.494 e. The van der Waals surface area contributed by atoms with Gasteiger partial charge in [-0.15, -0.1) is 0 Å². The van der Waals surface area contributed by atoms with Crippen molar-refractivity contribution >= 4 is 16.7 Å². The van der Waals surface area contributed by atoms with E-state index in [4.69, 9.17) is 9.47 Å². The van der Waals surface area contributed by atoms with Crippen LogP contribution in [0.1, 0.15) is 25.8 Å². The fourth-order valence-corrected chi connectivity index (χ4v) is 2.95. The maximum atomic E-state index is 12.6. The molecule has 4 heteroatoms. The van der Waals surface area contributed by atoms with Crippen molar-refractivity contribution < 1.29 is 14.3 Å². The van der Waals surface area contributed by atoms with Crippen molar-refractivity contribution in [2.24, 2.45) is 0 Å². The van der Waals surface area contributed by atoms with Gasteiger partial charge in [-0.2, -0.15) is 0 Å². The molecule has 1 unspecified atom stereocenters. The molecule has 0 aliphatic heterocycles. The highest BCUT2D eigenvalue weighted by atomic mass is 16.5. The van der Waals surface area contributed by atoms with E-state index in [-0.39, 0.29) is 5.91 Å². The van der Waals surface area contributed by atoms with E-state index in [0.29, 0.717) is 19.6 Å². The summed E-state index contributed by atoms with van der Waals surface area (Å²) in [5.74, 6) is 1.45. The summed E-state index contributed by atoms with van der Waals surface area (Å²) in [5.41, 5.74) is 1.02. The zero-order valence-corrected chi connectivity index (χ0v) is 15.8. The molecule has 0 bridgehead atoms. The Morgan fingerprint density at radius 1 is 0.963 bits per heavy atom. The summed E-state index contributed by atoms with van der Waals surface area (Å²) in [5, 5.41) is 5.07. The SMILES string of the molecule is CCOc1ccc(CNC(=O)C(CC)Oc2cccc3ccccc23)cc1. The average molecular weight is 363 g/mol. The average Bonchev–Trinajstić information content (AvgIpc) is 2.71. The van der Waals surface area contributed by atoms with Crippen molar-refractivity contribution in [3.63, 3.8) is 0 Å². The lowest BCUT2D eigenvalue weighted by Crippen LogP contribution is -2.37. The van der Waals surface area contributed by atoms with Crippen molar-refractivity contribution in [3.8, 4) is 11.5 Å². The molecule has 140 valence electrons. The second-order valence-electron chi connectivity index (χ2n) is 6.29. The Morgan fingerprint density at radius 3 is 2.44 bits per heavy atom. The van der Waals surface area contributed by atoms with Crippen molar-refractivity contribution in [1.29, 1.82) is 0 Å². The van der Waals surface area contributed by atoms with Crippen LogP contribution < -0.4 is 14.8 Å². The van der Waals surface area contributed by atoms with Crippen LogP contribution in [0.5, 0.6) is 11.5 Å². The molecule has 1 amide bonds. The summed E-state index contributed by atoms with van der Waals surface area (Å²) in [7, 11) is 0. The summed E-state index contributed by atoms with van der Waals surface area (Å²) in [4.78, 5) is 12.6. The summed E-state index contributed by atoms with van der Waals surface area (Å²) < 4.78 is 11.5. The highest BCUT2D eigenvalue weighted by Crippen LogP contribution is 2.26. The zero-order valence-electron chi connectivity index (χ0n) is 15.8. The normalized spacial score (nSPS) is 11.8. The first-order valence-corrected chi connectivity index (χ1v) is 9.35. The fraction of sp³-hybridized carbons (Fsp3) is 0.261. The van der Waals surface area contributed by atoms with Gasteiger partial charge in [-0.05, 0) is 42.5 Å². The van der Waals surface area contributed by atoms with E-state index < -0.39 is 6.10 Å². The number of amides is 1. The van der Waals surface area contributed by atoms with Gasteiger partial charge in [0.25, 0.3) is 5.91 Å². The van der Waals surface area contributed by atoms with E-state index in [1.54, 1.807) is 0 Å². The lowest BCUT2D eigenvalue weighted by molar-refractivity contribution is -0.128. The van der Waals surface area contributed by atoms with Crippen molar-refractivity contribution in [1.82, 2.24) is 5.32 Å². The molecule has 3 aromatic carbocycles. The Morgan fingerprint density at radius 2 is 1.70 bits per heavy atom. The van der Waals surface area contributed by atoms with Crippen LogP contribution in [-0.2, 0) is 11.3 Å². The number of fused-ring (bicyclic) bond motifs is 1. The van der Waals surface area contributed by atoms with Gasteiger partial charge in [-0.1, -0.05) is 55.5 Å². The van der Waals surface area contributed by atoms with Crippen LogP contribution in [0.4, 0.5) is 0 Å². The second-order valence-corrected chi connectivity index (χ2v) is 6.29. The first-order valence-electron chi connectivity index (χ1n) is 9.35. The minimum atomic E-state index is -0.529. The summed E-state index contributed by atoms with van der Waals surface area (Å²) in [6, 6.07) is 21.6. The van der Waals surface area contributed by atoms with E-state index in [0.717, 1.165) is 27.8 Å².